The van der Waals surface area contributed by atoms with E-state index in [2.05, 4.69) is 48.9 Å². The molecule has 1 unspecified atom stereocenters. The molecule has 4 aromatic rings. The van der Waals surface area contributed by atoms with Crippen LogP contribution in [-0.4, -0.2) is 74.8 Å². The van der Waals surface area contributed by atoms with Crippen molar-refractivity contribution in [3.05, 3.63) is 114 Å². The zero-order valence-corrected chi connectivity index (χ0v) is 33.7. The van der Waals surface area contributed by atoms with Gasteiger partial charge in [-0.1, -0.05) is 79.8 Å². The van der Waals surface area contributed by atoms with Gasteiger partial charge in [-0.15, -0.1) is 0 Å². The molecule has 0 bridgehead atoms. The number of hydrogen-bond acceptors (Lipinski definition) is 7. The number of ether oxygens (including phenoxy) is 2. The van der Waals surface area contributed by atoms with Gasteiger partial charge in [0.1, 0.15) is 5.75 Å². The first-order valence-electron chi connectivity index (χ1n) is 19.9. The van der Waals surface area contributed by atoms with Crippen molar-refractivity contribution < 1.29 is 29.0 Å². The van der Waals surface area contributed by atoms with Crippen molar-refractivity contribution in [2.45, 2.75) is 75.5 Å². The first-order chi connectivity index (χ1) is 27.1. The number of para-hydroxylation sites is 1. The summed E-state index contributed by atoms with van der Waals surface area (Å²) in [5.74, 6) is -0.0960. The van der Waals surface area contributed by atoms with Gasteiger partial charge in [0.25, 0.3) is 5.91 Å². The van der Waals surface area contributed by atoms with Crippen molar-refractivity contribution in [2.75, 3.05) is 37.0 Å². The summed E-state index contributed by atoms with van der Waals surface area (Å²) in [6, 6.07) is 31.2. The van der Waals surface area contributed by atoms with Crippen LogP contribution in [0.15, 0.2) is 97.1 Å². The number of rotatable bonds is 9. The van der Waals surface area contributed by atoms with E-state index in [9.17, 15) is 14.7 Å². The summed E-state index contributed by atoms with van der Waals surface area (Å²) in [6.07, 6.45) is 1.77. The molecule has 4 aromatic carbocycles. The van der Waals surface area contributed by atoms with Crippen LogP contribution in [0.25, 0.3) is 0 Å². The summed E-state index contributed by atoms with van der Waals surface area (Å²) in [5, 5.41) is 18.2. The van der Waals surface area contributed by atoms with E-state index in [1.165, 1.54) is 5.19 Å². The third-order valence-electron chi connectivity index (χ3n) is 13.0. The topological polar surface area (TPSA) is 120 Å². The second-order valence-electron chi connectivity index (χ2n) is 16.4. The number of aliphatic hydroxyl groups excluding tert-OH is 1. The van der Waals surface area contributed by atoms with Gasteiger partial charge in [-0.25, -0.2) is 0 Å². The highest BCUT2D eigenvalue weighted by Gasteiger charge is 2.67. The molecule has 0 saturated carbocycles. The average Bonchev–Trinajstić information content (AvgIpc) is 3.66. The van der Waals surface area contributed by atoms with E-state index in [0.29, 0.717) is 36.4 Å². The average molecular weight is 773 g/mol. The van der Waals surface area contributed by atoms with Crippen LogP contribution < -0.4 is 25.5 Å². The van der Waals surface area contributed by atoms with Gasteiger partial charge >= 0.3 is 0 Å². The van der Waals surface area contributed by atoms with Crippen molar-refractivity contribution in [3.63, 3.8) is 0 Å². The normalized spacial score (nSPS) is 25.9. The molecule has 3 N–H and O–H groups in total. The van der Waals surface area contributed by atoms with Crippen molar-refractivity contribution in [3.8, 4) is 5.75 Å². The molecule has 4 aliphatic rings. The number of hydrogen-bond donors (Lipinski definition) is 3. The van der Waals surface area contributed by atoms with E-state index in [1.54, 1.807) is 16.9 Å². The lowest BCUT2D eigenvalue weighted by Gasteiger charge is -2.39. The number of carbonyl (C=O) groups excluding carboxylic acids is 3. The minimum absolute atomic E-state index is 0.0493. The summed E-state index contributed by atoms with van der Waals surface area (Å²) < 4.78 is 12.9. The fourth-order valence-electron chi connectivity index (χ4n) is 10.0. The number of nitrogens with one attached hydrogen (secondary N) is 2. The Labute approximate surface area is 330 Å². The molecule has 0 aromatic heterocycles. The number of nitrogens with zero attached hydrogens (tertiary/aromatic N) is 2. The number of piperidine rings is 1. The van der Waals surface area contributed by atoms with Crippen LogP contribution >= 0.6 is 0 Å². The molecule has 292 valence electrons. The number of aliphatic hydroxyl groups is 1. The second kappa shape index (κ2) is 15.3. The van der Waals surface area contributed by atoms with Crippen molar-refractivity contribution >= 4 is 48.0 Å². The zero-order valence-electron chi connectivity index (χ0n) is 32.7. The third kappa shape index (κ3) is 6.54. The molecule has 6 atom stereocenters. The number of fused-ring (bicyclic) bond motifs is 3. The predicted molar refractivity (Wildman–Crippen MR) is 220 cm³/mol. The third-order valence-corrected chi connectivity index (χ3v) is 17.3. The Balaban J connectivity index is 1.22. The van der Waals surface area contributed by atoms with Crippen LogP contribution in [0.1, 0.15) is 42.9 Å². The van der Waals surface area contributed by atoms with Gasteiger partial charge < -0.3 is 30.1 Å². The van der Waals surface area contributed by atoms with Gasteiger partial charge in [0.05, 0.1) is 52.0 Å². The highest BCUT2D eigenvalue weighted by atomic mass is 28.3. The van der Waals surface area contributed by atoms with E-state index >= 15 is 4.79 Å². The summed E-state index contributed by atoms with van der Waals surface area (Å²) in [6.45, 7) is 8.50. The van der Waals surface area contributed by atoms with Crippen LogP contribution in [-0.2, 0) is 37.7 Å². The van der Waals surface area contributed by atoms with Crippen LogP contribution in [0.5, 0.6) is 5.75 Å². The van der Waals surface area contributed by atoms with Gasteiger partial charge in [0.2, 0.25) is 11.8 Å². The lowest BCUT2D eigenvalue weighted by Crippen LogP contribution is -2.52. The lowest BCUT2D eigenvalue weighted by atomic mass is 9.82. The molecule has 4 heterocycles. The number of anilines is 3. The molecule has 56 heavy (non-hydrogen) atoms. The Hall–Kier alpha value is -4.81. The largest absolute Gasteiger partial charge is 0.497 e. The molecule has 11 heteroatoms. The maximum atomic E-state index is 15.4. The maximum Gasteiger partial charge on any atom is 0.268 e. The number of methoxy groups -OCH3 is 1. The Morgan fingerprint density at radius 1 is 1.00 bits per heavy atom. The monoisotopic (exact) mass is 772 g/mol. The first-order valence-corrected chi connectivity index (χ1v) is 23.0. The lowest BCUT2D eigenvalue weighted by molar-refractivity contribution is -0.150. The van der Waals surface area contributed by atoms with E-state index in [0.717, 1.165) is 42.0 Å². The van der Waals surface area contributed by atoms with Crippen molar-refractivity contribution in [2.24, 2.45) is 11.8 Å². The second-order valence-corrected chi connectivity index (χ2v) is 21.1. The Kier molecular flexibility index (Phi) is 10.4. The fourth-order valence-corrected chi connectivity index (χ4v) is 14.0. The molecule has 4 aliphatic heterocycles. The van der Waals surface area contributed by atoms with Gasteiger partial charge in [-0.2, -0.15) is 0 Å². The maximum absolute atomic E-state index is 15.4. The predicted octanol–water partition coefficient (Wildman–Crippen LogP) is 5.86. The molecule has 0 radical (unpaired) electrons. The zero-order chi connectivity index (χ0) is 39.2. The standard InChI is InChI=1S/C45H52N4O6Si/c1-29-42(56(3,4)37-19-17-36(54-2)18-20-37)40(25-41(51)48-27-32-12-9-8-11-30(32)23-35(48)28-50)55-45(29)38-24-33(47-43(52)31-13-10-22-46-26-31)16-21-39(38)49(44(45)53)34-14-6-5-7-15-34/h5-9,11-12,14-21,24,29,31,35,40,42,46,50H,10,13,22-23,25-28H2,1-4H3,(H,47,52)/t29-,31?,35+,40+,42-,45+/m1/s1. The van der Waals surface area contributed by atoms with Gasteiger partial charge in [0, 0.05) is 35.9 Å². The SMILES string of the molecule is COc1ccc([Si](C)(C)[C@H]2[C@H](CC(=O)N3Cc4ccccc4C[C@H]3CO)O[C@@]3(C(=O)N(c4ccccc4)c4ccc(NC(=O)C5CCCNC5)cc43)[C@@H]2C)cc1. The van der Waals surface area contributed by atoms with Crippen LogP contribution in [0.2, 0.25) is 18.6 Å². The number of carbonyl (C=O) groups is 3. The molecular formula is C45H52N4O6Si. The molecule has 1 spiro atoms. The molecular weight excluding hydrogens is 721 g/mol. The van der Waals surface area contributed by atoms with E-state index < -0.39 is 19.8 Å². The van der Waals surface area contributed by atoms with Crippen LogP contribution in [0.4, 0.5) is 17.1 Å². The minimum atomic E-state index is -2.56. The van der Waals surface area contributed by atoms with E-state index in [1.807, 2.05) is 78.9 Å². The minimum Gasteiger partial charge on any atom is -0.497 e. The van der Waals surface area contributed by atoms with Gasteiger partial charge in [0.15, 0.2) is 5.60 Å². The number of amides is 3. The summed E-state index contributed by atoms with van der Waals surface area (Å²) in [5.41, 5.74) is 3.33. The molecule has 10 nitrogen and oxygen atoms in total. The molecule has 2 saturated heterocycles. The first kappa shape index (κ1) is 38.1. The van der Waals surface area contributed by atoms with Crippen molar-refractivity contribution in [1.82, 2.24) is 10.2 Å². The quantitative estimate of drug-likeness (QED) is 0.182. The van der Waals surface area contributed by atoms with Gasteiger partial charge in [-0.3, -0.25) is 19.3 Å². The summed E-state index contributed by atoms with van der Waals surface area (Å²) in [4.78, 5) is 47.1. The molecule has 3 amide bonds. The number of benzene rings is 4. The highest BCUT2D eigenvalue weighted by molar-refractivity contribution is 6.91. The smallest absolute Gasteiger partial charge is 0.268 e. The summed E-state index contributed by atoms with van der Waals surface area (Å²) in [7, 11) is -0.912. The van der Waals surface area contributed by atoms with E-state index in [-0.39, 0.29) is 54.2 Å². The van der Waals surface area contributed by atoms with E-state index in [4.69, 9.17) is 9.47 Å². The Morgan fingerprint density at radius 2 is 1.73 bits per heavy atom. The highest BCUT2D eigenvalue weighted by Crippen LogP contribution is 2.61. The Morgan fingerprint density at radius 3 is 2.43 bits per heavy atom. The summed E-state index contributed by atoms with van der Waals surface area (Å²) >= 11 is 0. The molecule has 2 fully saturated rings. The Bertz CT molecular complexity index is 2110. The molecule has 0 aliphatic carbocycles. The van der Waals surface area contributed by atoms with Crippen molar-refractivity contribution in [1.29, 1.82) is 0 Å². The van der Waals surface area contributed by atoms with Crippen LogP contribution in [0, 0.1) is 11.8 Å². The van der Waals surface area contributed by atoms with Crippen LogP contribution in [0.3, 0.4) is 0 Å². The van der Waals surface area contributed by atoms with Gasteiger partial charge in [-0.05, 0) is 84.9 Å². The fraction of sp³-hybridized carbons (Fsp3) is 0.400. The molecule has 8 rings (SSSR count).